The fourth-order valence-corrected chi connectivity index (χ4v) is 1.64. The van der Waals surface area contributed by atoms with E-state index in [0.717, 1.165) is 0 Å². The van der Waals surface area contributed by atoms with Crippen LogP contribution in [0.4, 0.5) is 0 Å². The van der Waals surface area contributed by atoms with E-state index in [1.807, 2.05) is 0 Å². The Hall–Kier alpha value is -0.530. The predicted octanol–water partition coefficient (Wildman–Crippen LogP) is 0.940. The largest absolute Gasteiger partial charge is 0.326 e. The summed E-state index contributed by atoms with van der Waals surface area (Å²) in [5, 5.41) is 0. The second-order valence-electron chi connectivity index (χ2n) is 3.95. The van der Waals surface area contributed by atoms with Crippen molar-refractivity contribution in [3.8, 4) is 11.8 Å². The lowest BCUT2D eigenvalue weighted by molar-refractivity contribution is 0.467. The zero-order valence-electron chi connectivity index (χ0n) is 9.29. The topological polar surface area (TPSA) is 60.2 Å². The Bertz CT molecular complexity index is 333. The van der Waals surface area contributed by atoms with Crippen molar-refractivity contribution in [1.82, 2.24) is 0 Å². The average Bonchev–Trinajstić information content (AvgIpc) is 2.02. The zero-order valence-corrected chi connectivity index (χ0v) is 10.1. The summed E-state index contributed by atoms with van der Waals surface area (Å²) in [7, 11) is -3.11. The average molecular weight is 217 g/mol. The molecule has 0 saturated carbocycles. The third-order valence-corrected chi connectivity index (χ3v) is 4.82. The Morgan fingerprint density at radius 2 is 1.93 bits per heavy atom. The number of nitrogens with two attached hydrogens (primary N) is 1. The van der Waals surface area contributed by atoms with E-state index in [9.17, 15) is 8.42 Å². The first-order valence-electron chi connectivity index (χ1n) is 4.58. The molecule has 0 aromatic carbocycles. The van der Waals surface area contributed by atoms with Crippen molar-refractivity contribution in [1.29, 1.82) is 0 Å². The fraction of sp³-hybridized carbons (Fsp3) is 0.800. The summed E-state index contributed by atoms with van der Waals surface area (Å²) in [4.78, 5) is 0. The molecule has 0 bridgehead atoms. The molecule has 3 nitrogen and oxygen atoms in total. The highest BCUT2D eigenvalue weighted by Crippen LogP contribution is 2.21. The molecule has 0 aromatic rings. The second kappa shape index (κ2) is 4.81. The molecular weight excluding hydrogens is 198 g/mol. The zero-order chi connectivity index (χ0) is 11.4. The Balaban J connectivity index is 4.50. The second-order valence-corrected chi connectivity index (χ2v) is 6.54. The quantitative estimate of drug-likeness (QED) is 0.713. The van der Waals surface area contributed by atoms with Crippen molar-refractivity contribution < 1.29 is 8.42 Å². The summed E-state index contributed by atoms with van der Waals surface area (Å²) < 4.78 is 21.9. The van der Waals surface area contributed by atoms with Crippen LogP contribution in [-0.2, 0) is 9.84 Å². The maximum atomic E-state index is 11.4. The Morgan fingerprint density at radius 3 is 2.29 bits per heavy atom. The number of hydrogen-bond acceptors (Lipinski definition) is 3. The van der Waals surface area contributed by atoms with Crippen LogP contribution in [0.15, 0.2) is 0 Å². The molecule has 0 saturated heterocycles. The molecule has 0 aliphatic carbocycles. The predicted molar refractivity (Wildman–Crippen MR) is 59.6 cm³/mol. The molecule has 0 aromatic heterocycles. The van der Waals surface area contributed by atoms with E-state index in [1.54, 1.807) is 20.8 Å². The molecule has 4 heteroatoms. The Labute approximate surface area is 87.0 Å². The van der Waals surface area contributed by atoms with Crippen LogP contribution in [0, 0.1) is 11.8 Å². The smallest absolute Gasteiger partial charge is 0.154 e. The highest BCUT2D eigenvalue weighted by atomic mass is 32.2. The van der Waals surface area contributed by atoms with E-state index >= 15 is 0 Å². The van der Waals surface area contributed by atoms with Gasteiger partial charge in [-0.25, -0.2) is 8.42 Å². The van der Waals surface area contributed by atoms with Gasteiger partial charge in [0.15, 0.2) is 9.84 Å². The van der Waals surface area contributed by atoms with Crippen LogP contribution in [0.3, 0.4) is 0 Å². The first-order chi connectivity index (χ1) is 6.23. The number of sulfone groups is 1. The van der Waals surface area contributed by atoms with E-state index in [2.05, 4.69) is 11.8 Å². The van der Waals surface area contributed by atoms with E-state index in [1.165, 1.54) is 6.26 Å². The monoisotopic (exact) mass is 217 g/mol. The van der Waals surface area contributed by atoms with Crippen molar-refractivity contribution >= 4 is 9.84 Å². The van der Waals surface area contributed by atoms with Crippen LogP contribution in [0.5, 0.6) is 0 Å². The van der Waals surface area contributed by atoms with Gasteiger partial charge in [-0.15, -0.1) is 11.8 Å². The van der Waals surface area contributed by atoms with Crippen LogP contribution in [-0.4, -0.2) is 25.5 Å². The van der Waals surface area contributed by atoms with Gasteiger partial charge in [-0.05, 0) is 27.2 Å². The molecular formula is C10H19NO2S. The summed E-state index contributed by atoms with van der Waals surface area (Å²) in [6.45, 7) is 5.08. The van der Waals surface area contributed by atoms with Gasteiger partial charge in [-0.1, -0.05) is 0 Å². The lowest BCUT2D eigenvalue weighted by Gasteiger charge is -2.29. The summed E-state index contributed by atoms with van der Waals surface area (Å²) >= 11 is 0. The minimum atomic E-state index is -3.11. The summed E-state index contributed by atoms with van der Waals surface area (Å²) in [5.41, 5.74) is 5.83. The molecule has 2 N–H and O–H groups in total. The molecule has 0 amide bonds. The molecule has 1 unspecified atom stereocenters. The fourth-order valence-electron chi connectivity index (χ4n) is 0.975. The van der Waals surface area contributed by atoms with Gasteiger partial charge < -0.3 is 5.73 Å². The molecule has 1 atom stereocenters. The highest BCUT2D eigenvalue weighted by molar-refractivity contribution is 7.92. The standard InChI is InChI=1S/C10H19NO2S/c1-5-6-7-8-9(11)10(2,3)14(4,12)13/h9H,7-8,11H2,1-4H3. The molecule has 0 aliphatic rings. The first-order valence-corrected chi connectivity index (χ1v) is 6.47. The van der Waals surface area contributed by atoms with E-state index in [-0.39, 0.29) is 6.04 Å². The summed E-state index contributed by atoms with van der Waals surface area (Å²) in [6, 6.07) is -0.363. The normalized spacial score (nSPS) is 14.4. The maximum Gasteiger partial charge on any atom is 0.154 e. The summed E-state index contributed by atoms with van der Waals surface area (Å²) in [5.74, 6) is 5.64. The van der Waals surface area contributed by atoms with Crippen molar-refractivity contribution in [2.75, 3.05) is 6.26 Å². The van der Waals surface area contributed by atoms with Gasteiger partial charge in [0.2, 0.25) is 0 Å². The van der Waals surface area contributed by atoms with E-state index < -0.39 is 14.6 Å². The van der Waals surface area contributed by atoms with Crippen LogP contribution in [0.25, 0.3) is 0 Å². The molecule has 82 valence electrons. The molecule has 0 radical (unpaired) electrons. The number of hydrogen-bond donors (Lipinski definition) is 1. The van der Waals surface area contributed by atoms with E-state index in [0.29, 0.717) is 12.8 Å². The molecule has 14 heavy (non-hydrogen) atoms. The minimum absolute atomic E-state index is 0.363. The van der Waals surface area contributed by atoms with Crippen LogP contribution < -0.4 is 5.73 Å². The molecule has 0 heterocycles. The van der Waals surface area contributed by atoms with E-state index in [4.69, 9.17) is 5.73 Å². The van der Waals surface area contributed by atoms with Gasteiger partial charge in [0.05, 0.1) is 4.75 Å². The Morgan fingerprint density at radius 1 is 1.43 bits per heavy atom. The first kappa shape index (κ1) is 13.5. The lowest BCUT2D eigenvalue weighted by Crippen LogP contribution is -2.48. The maximum absolute atomic E-state index is 11.4. The van der Waals surface area contributed by atoms with Gasteiger partial charge in [0.25, 0.3) is 0 Å². The van der Waals surface area contributed by atoms with Gasteiger partial charge in [0.1, 0.15) is 0 Å². The van der Waals surface area contributed by atoms with Gasteiger partial charge >= 0.3 is 0 Å². The minimum Gasteiger partial charge on any atom is -0.326 e. The van der Waals surface area contributed by atoms with Gasteiger partial charge in [-0.2, -0.15) is 0 Å². The van der Waals surface area contributed by atoms with Crippen LogP contribution in [0.1, 0.15) is 33.6 Å². The third kappa shape index (κ3) is 3.32. The third-order valence-electron chi connectivity index (χ3n) is 2.61. The Kier molecular flexibility index (Phi) is 4.63. The van der Waals surface area contributed by atoms with Gasteiger partial charge in [0, 0.05) is 18.7 Å². The van der Waals surface area contributed by atoms with Crippen molar-refractivity contribution in [3.63, 3.8) is 0 Å². The van der Waals surface area contributed by atoms with Crippen LogP contribution in [0.2, 0.25) is 0 Å². The molecule has 0 fully saturated rings. The van der Waals surface area contributed by atoms with Crippen molar-refractivity contribution in [2.45, 2.75) is 44.4 Å². The van der Waals surface area contributed by atoms with Crippen LogP contribution >= 0.6 is 0 Å². The lowest BCUT2D eigenvalue weighted by atomic mass is 9.99. The SMILES string of the molecule is CC#CCCC(N)C(C)(C)S(C)(=O)=O. The van der Waals surface area contributed by atoms with Gasteiger partial charge in [-0.3, -0.25) is 0 Å². The molecule has 0 rings (SSSR count). The molecule has 0 aliphatic heterocycles. The highest BCUT2D eigenvalue weighted by Gasteiger charge is 2.36. The number of rotatable bonds is 4. The van der Waals surface area contributed by atoms with Crippen molar-refractivity contribution in [3.05, 3.63) is 0 Å². The van der Waals surface area contributed by atoms with Crippen molar-refractivity contribution in [2.24, 2.45) is 5.73 Å². The summed E-state index contributed by atoms with van der Waals surface area (Å²) in [6.07, 6.45) is 2.48. The molecule has 0 spiro atoms.